The summed E-state index contributed by atoms with van der Waals surface area (Å²) < 4.78 is 0. The van der Waals surface area contributed by atoms with Crippen LogP contribution < -0.4 is 11.1 Å². The quantitative estimate of drug-likeness (QED) is 0.687. The van der Waals surface area contributed by atoms with Gasteiger partial charge in [0.15, 0.2) is 0 Å². The van der Waals surface area contributed by atoms with Gasteiger partial charge in [-0.2, -0.15) is 0 Å². The van der Waals surface area contributed by atoms with Crippen molar-refractivity contribution in [2.75, 3.05) is 13.1 Å². The number of aliphatic carboxylic acids is 1. The molecule has 1 aromatic carbocycles. The van der Waals surface area contributed by atoms with Gasteiger partial charge >= 0.3 is 12.0 Å². The van der Waals surface area contributed by atoms with Gasteiger partial charge in [-0.25, -0.2) is 4.79 Å². The molecule has 1 rings (SSSR count). The number of carboxylic acid groups (broad SMARTS) is 1. The van der Waals surface area contributed by atoms with Crippen molar-refractivity contribution in [3.05, 3.63) is 35.9 Å². The van der Waals surface area contributed by atoms with Gasteiger partial charge in [-0.15, -0.1) is 0 Å². The molecule has 0 aromatic heterocycles. The predicted molar refractivity (Wildman–Crippen MR) is 76.4 cm³/mol. The molecule has 7 nitrogen and oxygen atoms in total. The maximum absolute atomic E-state index is 12.5. The molecule has 0 saturated heterocycles. The number of urea groups is 1. The Morgan fingerprint density at radius 2 is 1.90 bits per heavy atom. The molecular formula is C14H19N3O4. The summed E-state index contributed by atoms with van der Waals surface area (Å²) in [5.41, 5.74) is 5.71. The van der Waals surface area contributed by atoms with Crippen molar-refractivity contribution in [2.24, 2.45) is 5.73 Å². The van der Waals surface area contributed by atoms with Crippen LogP contribution in [0, 0.1) is 0 Å². The summed E-state index contributed by atoms with van der Waals surface area (Å²) >= 11 is 0. The fourth-order valence-electron chi connectivity index (χ4n) is 1.91. The second-order valence-corrected chi connectivity index (χ2v) is 4.41. The highest BCUT2D eigenvalue weighted by molar-refractivity contribution is 5.88. The third-order valence-corrected chi connectivity index (χ3v) is 2.96. The minimum Gasteiger partial charge on any atom is -0.481 e. The van der Waals surface area contributed by atoms with Crippen LogP contribution in [0.15, 0.2) is 30.3 Å². The van der Waals surface area contributed by atoms with Crippen LogP contribution in [0.5, 0.6) is 0 Å². The molecule has 4 N–H and O–H groups in total. The van der Waals surface area contributed by atoms with Gasteiger partial charge < -0.3 is 21.1 Å². The maximum Gasteiger partial charge on any atom is 0.313 e. The Hall–Kier alpha value is -2.57. The van der Waals surface area contributed by atoms with Gasteiger partial charge in [0.2, 0.25) is 5.91 Å². The van der Waals surface area contributed by atoms with Crippen molar-refractivity contribution in [1.29, 1.82) is 0 Å². The van der Waals surface area contributed by atoms with Crippen LogP contribution in [0.2, 0.25) is 0 Å². The molecule has 1 atom stereocenters. The van der Waals surface area contributed by atoms with Crippen LogP contribution in [0.4, 0.5) is 4.79 Å². The van der Waals surface area contributed by atoms with Crippen molar-refractivity contribution >= 4 is 17.9 Å². The standard InChI is InChI=1S/C14H19N3O4/c1-2-17(9-8-11(18)19)13(20)12(16-14(15)21)10-6-4-3-5-7-10/h3-7,12H,2,8-9H2,1H3,(H,18,19)(H3,15,16,21). The number of nitrogens with two attached hydrogens (primary N) is 1. The molecule has 7 heteroatoms. The van der Waals surface area contributed by atoms with Crippen molar-refractivity contribution in [2.45, 2.75) is 19.4 Å². The van der Waals surface area contributed by atoms with E-state index in [2.05, 4.69) is 5.32 Å². The molecule has 0 saturated carbocycles. The number of nitrogens with one attached hydrogen (secondary N) is 1. The van der Waals surface area contributed by atoms with Crippen molar-refractivity contribution in [3.63, 3.8) is 0 Å². The van der Waals surface area contributed by atoms with E-state index in [4.69, 9.17) is 10.8 Å². The predicted octanol–water partition coefficient (Wildman–Crippen LogP) is 0.719. The van der Waals surface area contributed by atoms with Crippen LogP contribution in [-0.4, -0.2) is 41.0 Å². The highest BCUT2D eigenvalue weighted by Crippen LogP contribution is 2.16. The molecule has 0 spiro atoms. The zero-order valence-corrected chi connectivity index (χ0v) is 11.8. The number of rotatable bonds is 7. The smallest absolute Gasteiger partial charge is 0.313 e. The lowest BCUT2D eigenvalue weighted by Crippen LogP contribution is -2.45. The third kappa shape index (κ3) is 5.13. The number of carbonyl (C=O) groups is 3. The summed E-state index contributed by atoms with van der Waals surface area (Å²) in [7, 11) is 0. The SMILES string of the molecule is CCN(CCC(=O)O)C(=O)C(NC(N)=O)c1ccccc1. The second-order valence-electron chi connectivity index (χ2n) is 4.41. The largest absolute Gasteiger partial charge is 0.481 e. The van der Waals surface area contributed by atoms with E-state index in [0.717, 1.165) is 0 Å². The van der Waals surface area contributed by atoms with Crippen molar-refractivity contribution in [1.82, 2.24) is 10.2 Å². The average Bonchev–Trinajstić information content (AvgIpc) is 2.45. The van der Waals surface area contributed by atoms with Gasteiger partial charge in [-0.05, 0) is 12.5 Å². The van der Waals surface area contributed by atoms with Gasteiger partial charge in [0.1, 0.15) is 6.04 Å². The van der Waals surface area contributed by atoms with Gasteiger partial charge in [-0.1, -0.05) is 30.3 Å². The first-order valence-electron chi connectivity index (χ1n) is 6.57. The molecule has 0 aliphatic heterocycles. The number of hydrogen-bond donors (Lipinski definition) is 3. The molecule has 0 radical (unpaired) electrons. The number of amides is 3. The van der Waals surface area contributed by atoms with Crippen molar-refractivity contribution < 1.29 is 19.5 Å². The lowest BCUT2D eigenvalue weighted by Gasteiger charge is -2.26. The third-order valence-electron chi connectivity index (χ3n) is 2.96. The van der Waals surface area contributed by atoms with Gasteiger partial charge in [-0.3, -0.25) is 9.59 Å². The zero-order chi connectivity index (χ0) is 15.8. The van der Waals surface area contributed by atoms with E-state index in [9.17, 15) is 14.4 Å². The van der Waals surface area contributed by atoms with Crippen molar-refractivity contribution in [3.8, 4) is 0 Å². The summed E-state index contributed by atoms with van der Waals surface area (Å²) in [5, 5.41) is 11.1. The topological polar surface area (TPSA) is 113 Å². The minimum absolute atomic E-state index is 0.0778. The maximum atomic E-state index is 12.5. The Morgan fingerprint density at radius 3 is 2.38 bits per heavy atom. The fraction of sp³-hybridized carbons (Fsp3) is 0.357. The van der Waals surface area contributed by atoms with Gasteiger partial charge in [0.05, 0.1) is 6.42 Å². The second kappa shape index (κ2) is 7.88. The summed E-state index contributed by atoms with van der Waals surface area (Å²) in [5.74, 6) is -1.37. The minimum atomic E-state index is -0.986. The lowest BCUT2D eigenvalue weighted by molar-refractivity contribution is -0.139. The van der Waals surface area contributed by atoms with Crippen LogP contribution >= 0.6 is 0 Å². The molecule has 0 bridgehead atoms. The zero-order valence-electron chi connectivity index (χ0n) is 11.8. The molecule has 0 fully saturated rings. The number of benzene rings is 1. The molecule has 1 aromatic rings. The Bertz CT molecular complexity index is 504. The summed E-state index contributed by atoms with van der Waals surface area (Å²) in [6.45, 7) is 2.16. The van der Waals surface area contributed by atoms with Crippen LogP contribution in [-0.2, 0) is 9.59 Å². The van der Waals surface area contributed by atoms with Gasteiger partial charge in [0.25, 0.3) is 0 Å². The van der Waals surface area contributed by atoms with E-state index in [0.29, 0.717) is 12.1 Å². The van der Waals surface area contributed by atoms with Crippen LogP contribution in [0.3, 0.4) is 0 Å². The van der Waals surface area contributed by atoms with E-state index < -0.39 is 18.0 Å². The van der Waals surface area contributed by atoms with E-state index in [1.165, 1.54) is 4.90 Å². The van der Waals surface area contributed by atoms with E-state index in [1.807, 2.05) is 0 Å². The van der Waals surface area contributed by atoms with Gasteiger partial charge in [0, 0.05) is 13.1 Å². The molecule has 0 heterocycles. The first-order valence-corrected chi connectivity index (χ1v) is 6.57. The Kier molecular flexibility index (Phi) is 6.19. The molecule has 0 aliphatic carbocycles. The lowest BCUT2D eigenvalue weighted by atomic mass is 10.1. The monoisotopic (exact) mass is 293 g/mol. The number of carboxylic acids is 1. The number of hydrogen-bond acceptors (Lipinski definition) is 3. The summed E-state index contributed by atoms with van der Waals surface area (Å²) in [6, 6.07) is 6.94. The number of primary amides is 1. The number of nitrogens with zero attached hydrogens (tertiary/aromatic N) is 1. The first-order chi connectivity index (χ1) is 9.95. The normalized spacial score (nSPS) is 11.5. The molecule has 0 aliphatic rings. The van der Waals surface area contributed by atoms with Crippen LogP contribution in [0.1, 0.15) is 24.9 Å². The summed E-state index contributed by atoms with van der Waals surface area (Å²) in [4.78, 5) is 35.6. The van der Waals surface area contributed by atoms with E-state index >= 15 is 0 Å². The Morgan fingerprint density at radius 1 is 1.29 bits per heavy atom. The molecule has 3 amide bonds. The Labute approximate surface area is 122 Å². The first kappa shape index (κ1) is 16.5. The molecule has 21 heavy (non-hydrogen) atoms. The fourth-order valence-corrected chi connectivity index (χ4v) is 1.91. The molecule has 1 unspecified atom stereocenters. The van der Waals surface area contributed by atoms with E-state index in [-0.39, 0.29) is 18.9 Å². The Balaban J connectivity index is 2.93. The molecular weight excluding hydrogens is 274 g/mol. The molecule has 114 valence electrons. The highest BCUT2D eigenvalue weighted by atomic mass is 16.4. The summed E-state index contributed by atoms with van der Waals surface area (Å²) in [6.07, 6.45) is -0.155. The highest BCUT2D eigenvalue weighted by Gasteiger charge is 2.26. The van der Waals surface area contributed by atoms with E-state index in [1.54, 1.807) is 37.3 Å². The number of likely N-dealkylation sites (N-methyl/N-ethyl adjacent to an activating group) is 1. The average molecular weight is 293 g/mol. The number of carbonyl (C=O) groups excluding carboxylic acids is 2. The van der Waals surface area contributed by atoms with Crippen LogP contribution in [0.25, 0.3) is 0 Å².